The number of aliphatic imine (C=N–C) groups is 1. The predicted octanol–water partition coefficient (Wildman–Crippen LogP) is 4.27. The molecule has 1 aliphatic heterocycles. The summed E-state index contributed by atoms with van der Waals surface area (Å²) in [4.78, 5) is 25.4. The first kappa shape index (κ1) is 17.1. The molecular formula is C22H19N3O2. The summed E-state index contributed by atoms with van der Waals surface area (Å²) in [5.74, 6) is -0.180. The maximum Gasteiger partial charge on any atom is 0.363 e. The molecule has 5 heteroatoms. The molecule has 27 heavy (non-hydrogen) atoms. The van der Waals surface area contributed by atoms with E-state index < -0.39 is 5.97 Å². The standard InChI is InChI=1S/C22H19N3O2/c1-22(2,3)15-10-8-14(9-11-15)20-25-19(21(26)27-20)12-16-13-23-17-6-4-5-7-18(17)24-16/h4-13H,1-3H3/b19-12-. The molecule has 0 spiro atoms. The van der Waals surface area contributed by atoms with Crippen molar-refractivity contribution in [2.45, 2.75) is 26.2 Å². The van der Waals surface area contributed by atoms with Crippen molar-refractivity contribution in [1.82, 2.24) is 9.97 Å². The van der Waals surface area contributed by atoms with Crippen LogP contribution in [0.25, 0.3) is 17.1 Å². The number of carbonyl (C=O) groups is 1. The van der Waals surface area contributed by atoms with Gasteiger partial charge in [-0.2, -0.15) is 0 Å². The van der Waals surface area contributed by atoms with Gasteiger partial charge in [0.2, 0.25) is 5.90 Å². The quantitative estimate of drug-likeness (QED) is 0.507. The molecule has 5 nitrogen and oxygen atoms in total. The number of carbonyl (C=O) groups excluding carboxylic acids is 1. The Hall–Kier alpha value is -3.34. The third-order valence-corrected chi connectivity index (χ3v) is 4.37. The molecule has 0 saturated heterocycles. The van der Waals surface area contributed by atoms with Crippen LogP contribution in [0.1, 0.15) is 37.6 Å². The van der Waals surface area contributed by atoms with Gasteiger partial charge in [0.1, 0.15) is 0 Å². The predicted molar refractivity (Wildman–Crippen MR) is 105 cm³/mol. The monoisotopic (exact) mass is 357 g/mol. The van der Waals surface area contributed by atoms with Crippen molar-refractivity contribution in [3.8, 4) is 0 Å². The lowest BCUT2D eigenvalue weighted by molar-refractivity contribution is -0.129. The van der Waals surface area contributed by atoms with Crippen LogP contribution in [0.15, 0.2) is 65.4 Å². The van der Waals surface area contributed by atoms with Gasteiger partial charge in [-0.1, -0.05) is 45.0 Å². The fraction of sp³-hybridized carbons (Fsp3) is 0.182. The molecule has 1 aromatic heterocycles. The summed E-state index contributed by atoms with van der Waals surface area (Å²) in [5.41, 5.74) is 4.38. The van der Waals surface area contributed by atoms with E-state index in [0.29, 0.717) is 11.6 Å². The molecule has 3 aromatic rings. The summed E-state index contributed by atoms with van der Waals surface area (Å²) in [6, 6.07) is 15.5. The Balaban J connectivity index is 1.64. The number of nitrogens with zero attached hydrogens (tertiary/aromatic N) is 3. The van der Waals surface area contributed by atoms with Crippen molar-refractivity contribution >= 4 is 29.0 Å². The fourth-order valence-electron chi connectivity index (χ4n) is 2.83. The molecule has 4 rings (SSSR count). The molecule has 134 valence electrons. The van der Waals surface area contributed by atoms with Crippen LogP contribution in [0.2, 0.25) is 0 Å². The SMILES string of the molecule is CC(C)(C)c1ccc(C2=N/C(=C\c3cnc4ccccc4n3)C(=O)O2)cc1. The second kappa shape index (κ2) is 6.43. The lowest BCUT2D eigenvalue weighted by Gasteiger charge is -2.18. The summed E-state index contributed by atoms with van der Waals surface area (Å²) in [5, 5.41) is 0. The number of esters is 1. The molecule has 0 fully saturated rings. The minimum Gasteiger partial charge on any atom is -0.402 e. The van der Waals surface area contributed by atoms with Gasteiger partial charge in [0.15, 0.2) is 5.70 Å². The van der Waals surface area contributed by atoms with Crippen molar-refractivity contribution in [3.05, 3.63) is 77.2 Å². The molecule has 0 atom stereocenters. The van der Waals surface area contributed by atoms with Crippen molar-refractivity contribution in [2.75, 3.05) is 0 Å². The van der Waals surface area contributed by atoms with Gasteiger partial charge in [-0.25, -0.2) is 14.8 Å². The highest BCUT2D eigenvalue weighted by atomic mass is 16.6. The zero-order chi connectivity index (χ0) is 19.0. The van der Waals surface area contributed by atoms with E-state index in [1.54, 1.807) is 12.3 Å². The third kappa shape index (κ3) is 3.49. The van der Waals surface area contributed by atoms with Crippen LogP contribution in [0.4, 0.5) is 0 Å². The van der Waals surface area contributed by atoms with Crippen molar-refractivity contribution < 1.29 is 9.53 Å². The maximum atomic E-state index is 12.2. The summed E-state index contributed by atoms with van der Waals surface area (Å²) in [6.45, 7) is 6.46. The Kier molecular flexibility index (Phi) is 4.07. The number of hydrogen-bond donors (Lipinski definition) is 0. The first-order valence-electron chi connectivity index (χ1n) is 8.75. The van der Waals surface area contributed by atoms with E-state index in [9.17, 15) is 4.79 Å². The van der Waals surface area contributed by atoms with Gasteiger partial charge < -0.3 is 4.74 Å². The van der Waals surface area contributed by atoms with Gasteiger partial charge in [0.05, 0.1) is 22.9 Å². The normalized spacial score (nSPS) is 15.9. The lowest BCUT2D eigenvalue weighted by atomic mass is 9.87. The number of para-hydroxylation sites is 2. The first-order valence-corrected chi connectivity index (χ1v) is 8.75. The van der Waals surface area contributed by atoms with Crippen LogP contribution in [-0.4, -0.2) is 21.8 Å². The largest absolute Gasteiger partial charge is 0.402 e. The van der Waals surface area contributed by atoms with Gasteiger partial charge >= 0.3 is 5.97 Å². The molecular weight excluding hydrogens is 338 g/mol. The fourth-order valence-corrected chi connectivity index (χ4v) is 2.83. The Labute approximate surface area is 157 Å². The molecule has 0 saturated carbocycles. The number of rotatable bonds is 2. The zero-order valence-electron chi connectivity index (χ0n) is 15.4. The molecule has 0 aliphatic carbocycles. The first-order chi connectivity index (χ1) is 12.9. The number of fused-ring (bicyclic) bond motifs is 1. The molecule has 0 bridgehead atoms. The van der Waals surface area contributed by atoms with Crippen LogP contribution < -0.4 is 0 Å². The smallest absolute Gasteiger partial charge is 0.363 e. The maximum absolute atomic E-state index is 12.2. The van der Waals surface area contributed by atoms with E-state index in [4.69, 9.17) is 4.74 Å². The Morgan fingerprint density at radius 2 is 1.67 bits per heavy atom. The number of aromatic nitrogens is 2. The number of cyclic esters (lactones) is 1. The average molecular weight is 357 g/mol. The second-order valence-electron chi connectivity index (χ2n) is 7.45. The Bertz CT molecular complexity index is 1090. The summed E-state index contributed by atoms with van der Waals surface area (Å²) in [7, 11) is 0. The van der Waals surface area contributed by atoms with Crippen LogP contribution in [-0.2, 0) is 14.9 Å². The van der Waals surface area contributed by atoms with Crippen molar-refractivity contribution in [2.24, 2.45) is 4.99 Å². The van der Waals surface area contributed by atoms with Crippen LogP contribution in [0.5, 0.6) is 0 Å². The lowest BCUT2D eigenvalue weighted by Crippen LogP contribution is -2.11. The molecule has 2 aromatic carbocycles. The summed E-state index contributed by atoms with van der Waals surface area (Å²) < 4.78 is 5.34. The van der Waals surface area contributed by atoms with Gasteiger partial charge in [-0.15, -0.1) is 0 Å². The number of ether oxygens (including phenoxy) is 1. The van der Waals surface area contributed by atoms with Gasteiger partial charge in [-0.3, -0.25) is 4.98 Å². The molecule has 1 aliphatic rings. The van der Waals surface area contributed by atoms with Crippen LogP contribution in [0.3, 0.4) is 0 Å². The van der Waals surface area contributed by atoms with Crippen molar-refractivity contribution in [3.63, 3.8) is 0 Å². The highest BCUT2D eigenvalue weighted by Gasteiger charge is 2.25. The van der Waals surface area contributed by atoms with E-state index >= 15 is 0 Å². The summed E-state index contributed by atoms with van der Waals surface area (Å²) >= 11 is 0. The Morgan fingerprint density at radius 1 is 0.963 bits per heavy atom. The molecule has 0 amide bonds. The van der Waals surface area contributed by atoms with Gasteiger partial charge in [0.25, 0.3) is 0 Å². The van der Waals surface area contributed by atoms with Crippen molar-refractivity contribution in [1.29, 1.82) is 0 Å². The number of benzene rings is 2. The summed E-state index contributed by atoms with van der Waals surface area (Å²) in [6.07, 6.45) is 3.21. The van der Waals surface area contributed by atoms with E-state index in [-0.39, 0.29) is 11.1 Å². The minimum atomic E-state index is -0.486. The van der Waals surface area contributed by atoms with Gasteiger partial charge in [0, 0.05) is 5.56 Å². The molecule has 0 N–H and O–H groups in total. The number of hydrogen-bond acceptors (Lipinski definition) is 5. The van der Waals surface area contributed by atoms with Crippen LogP contribution >= 0.6 is 0 Å². The molecule has 0 radical (unpaired) electrons. The zero-order valence-corrected chi connectivity index (χ0v) is 15.4. The van der Waals surface area contributed by atoms with E-state index in [1.807, 2.05) is 48.5 Å². The highest BCUT2D eigenvalue weighted by Crippen LogP contribution is 2.24. The molecule has 2 heterocycles. The second-order valence-corrected chi connectivity index (χ2v) is 7.45. The van der Waals surface area contributed by atoms with Gasteiger partial charge in [-0.05, 0) is 41.3 Å². The van der Waals surface area contributed by atoms with E-state index in [1.165, 1.54) is 5.56 Å². The topological polar surface area (TPSA) is 64.4 Å². The van der Waals surface area contributed by atoms with Crippen LogP contribution in [0, 0.1) is 0 Å². The Morgan fingerprint density at radius 3 is 2.37 bits per heavy atom. The van der Waals surface area contributed by atoms with E-state index in [0.717, 1.165) is 16.6 Å². The average Bonchev–Trinajstić information content (AvgIpc) is 3.01. The minimum absolute atomic E-state index is 0.0620. The molecule has 0 unspecified atom stereocenters. The van der Waals surface area contributed by atoms with E-state index in [2.05, 4.69) is 35.7 Å². The highest BCUT2D eigenvalue weighted by molar-refractivity contribution is 6.12. The third-order valence-electron chi connectivity index (χ3n) is 4.37.